The van der Waals surface area contributed by atoms with Gasteiger partial charge in [0.2, 0.25) is 0 Å². The zero-order chi connectivity index (χ0) is 13.0. The number of rotatable bonds is 4. The number of pyridine rings is 1. The topological polar surface area (TPSA) is 38.9 Å². The van der Waals surface area contributed by atoms with E-state index in [-0.39, 0.29) is 5.82 Å². The van der Waals surface area contributed by atoms with Gasteiger partial charge in [-0.1, -0.05) is 35.5 Å². The second-order valence-electron chi connectivity index (χ2n) is 3.68. The number of halogens is 2. The van der Waals surface area contributed by atoms with Crippen molar-refractivity contribution in [3.8, 4) is 0 Å². The molecule has 2 rings (SSSR count). The Balaban J connectivity index is 2.30. The Labute approximate surface area is 114 Å². The maximum atomic E-state index is 13.8. The highest BCUT2D eigenvalue weighted by Crippen LogP contribution is 2.32. The first-order valence-electron chi connectivity index (χ1n) is 5.47. The molecule has 2 aromatic rings. The first kappa shape index (κ1) is 13.3. The van der Waals surface area contributed by atoms with Crippen LogP contribution in [0, 0.1) is 5.82 Å². The average Bonchev–Trinajstić information content (AvgIpc) is 2.36. The van der Waals surface area contributed by atoms with Crippen molar-refractivity contribution < 1.29 is 4.39 Å². The quantitative estimate of drug-likeness (QED) is 0.932. The number of nitrogens with two attached hydrogens (primary N) is 1. The molecule has 2 N–H and O–H groups in total. The summed E-state index contributed by atoms with van der Waals surface area (Å²) in [5.41, 5.74) is 6.43. The fourth-order valence-electron chi connectivity index (χ4n) is 1.55. The minimum Gasteiger partial charge on any atom is -0.330 e. The molecule has 0 amide bonds. The summed E-state index contributed by atoms with van der Waals surface area (Å²) in [5, 5.41) is 1.28. The molecule has 0 aliphatic rings. The van der Waals surface area contributed by atoms with Crippen LogP contribution in [0.4, 0.5) is 4.39 Å². The van der Waals surface area contributed by atoms with Crippen LogP contribution in [0.25, 0.3) is 0 Å². The van der Waals surface area contributed by atoms with Crippen molar-refractivity contribution in [3.05, 3.63) is 52.9 Å². The Bertz CT molecular complexity index is 531. The van der Waals surface area contributed by atoms with Gasteiger partial charge in [-0.05, 0) is 36.7 Å². The van der Waals surface area contributed by atoms with E-state index in [4.69, 9.17) is 17.3 Å². The molecule has 0 radical (unpaired) electrons. The summed E-state index contributed by atoms with van der Waals surface area (Å²) in [6, 6.07) is 8.53. The zero-order valence-electron chi connectivity index (χ0n) is 9.57. The Kier molecular flexibility index (Phi) is 4.58. The summed E-state index contributed by atoms with van der Waals surface area (Å²) in [5.74, 6) is -0.247. The largest absolute Gasteiger partial charge is 0.330 e. The Morgan fingerprint density at radius 1 is 1.28 bits per heavy atom. The van der Waals surface area contributed by atoms with Crippen LogP contribution in [-0.2, 0) is 6.42 Å². The second kappa shape index (κ2) is 6.18. The Morgan fingerprint density at radius 2 is 2.11 bits per heavy atom. The molecular weight excluding hydrogens is 271 g/mol. The minimum atomic E-state index is -0.247. The van der Waals surface area contributed by atoms with Gasteiger partial charge in [-0.15, -0.1) is 0 Å². The maximum Gasteiger partial charge on any atom is 0.137 e. The molecule has 0 saturated heterocycles. The lowest BCUT2D eigenvalue weighted by atomic mass is 10.1. The van der Waals surface area contributed by atoms with Crippen molar-refractivity contribution in [2.45, 2.75) is 16.3 Å². The number of aromatic nitrogens is 1. The van der Waals surface area contributed by atoms with Crippen LogP contribution in [0.3, 0.4) is 0 Å². The van der Waals surface area contributed by atoms with E-state index in [9.17, 15) is 4.39 Å². The Morgan fingerprint density at radius 3 is 2.78 bits per heavy atom. The van der Waals surface area contributed by atoms with Crippen molar-refractivity contribution >= 4 is 23.4 Å². The highest BCUT2D eigenvalue weighted by Gasteiger charge is 2.10. The smallest absolute Gasteiger partial charge is 0.137 e. The van der Waals surface area contributed by atoms with Gasteiger partial charge in [-0.2, -0.15) is 0 Å². The van der Waals surface area contributed by atoms with Crippen molar-refractivity contribution in [1.82, 2.24) is 4.98 Å². The fourth-order valence-corrected chi connectivity index (χ4v) is 2.58. The first-order valence-corrected chi connectivity index (χ1v) is 6.67. The van der Waals surface area contributed by atoms with Gasteiger partial charge >= 0.3 is 0 Å². The highest BCUT2D eigenvalue weighted by molar-refractivity contribution is 7.99. The number of benzene rings is 1. The molecule has 0 aliphatic heterocycles. The van der Waals surface area contributed by atoms with Crippen LogP contribution in [0.1, 0.15) is 5.56 Å². The number of hydrogen-bond acceptors (Lipinski definition) is 3. The van der Waals surface area contributed by atoms with E-state index >= 15 is 0 Å². The lowest BCUT2D eigenvalue weighted by Crippen LogP contribution is -2.04. The molecule has 94 valence electrons. The van der Waals surface area contributed by atoms with Gasteiger partial charge in [0.15, 0.2) is 0 Å². The maximum absolute atomic E-state index is 13.8. The van der Waals surface area contributed by atoms with Crippen molar-refractivity contribution in [3.63, 3.8) is 0 Å². The molecule has 0 saturated carbocycles. The highest BCUT2D eigenvalue weighted by atomic mass is 35.5. The van der Waals surface area contributed by atoms with E-state index < -0.39 is 0 Å². The normalized spacial score (nSPS) is 10.6. The van der Waals surface area contributed by atoms with E-state index in [1.807, 2.05) is 6.07 Å². The van der Waals surface area contributed by atoms with Gasteiger partial charge in [-0.25, -0.2) is 9.37 Å². The third kappa shape index (κ3) is 3.22. The Hall–Kier alpha value is -1.10. The molecule has 0 spiro atoms. The molecule has 1 aromatic carbocycles. The van der Waals surface area contributed by atoms with Crippen molar-refractivity contribution in [2.75, 3.05) is 6.54 Å². The van der Waals surface area contributed by atoms with Gasteiger partial charge in [-0.3, -0.25) is 0 Å². The lowest BCUT2D eigenvalue weighted by Gasteiger charge is -2.08. The molecular formula is C13H12ClFN2S. The van der Waals surface area contributed by atoms with Crippen molar-refractivity contribution in [2.24, 2.45) is 5.73 Å². The molecule has 18 heavy (non-hydrogen) atoms. The zero-order valence-corrected chi connectivity index (χ0v) is 11.1. The summed E-state index contributed by atoms with van der Waals surface area (Å²) in [6.07, 6.45) is 2.20. The SMILES string of the molecule is NCCc1cccc(F)c1Sc1ccc(Cl)cn1. The molecule has 5 heteroatoms. The molecule has 2 nitrogen and oxygen atoms in total. The van der Waals surface area contributed by atoms with Gasteiger partial charge in [0.05, 0.1) is 9.92 Å². The average molecular weight is 283 g/mol. The van der Waals surface area contributed by atoms with Crippen LogP contribution >= 0.6 is 23.4 Å². The van der Waals surface area contributed by atoms with E-state index in [1.54, 1.807) is 24.4 Å². The van der Waals surface area contributed by atoms with Crippen molar-refractivity contribution in [1.29, 1.82) is 0 Å². The predicted molar refractivity (Wildman–Crippen MR) is 72.5 cm³/mol. The third-order valence-electron chi connectivity index (χ3n) is 2.37. The van der Waals surface area contributed by atoms with Gasteiger partial charge in [0.25, 0.3) is 0 Å². The van der Waals surface area contributed by atoms with E-state index in [0.717, 1.165) is 5.56 Å². The van der Waals surface area contributed by atoms with Gasteiger partial charge in [0.1, 0.15) is 10.8 Å². The summed E-state index contributed by atoms with van der Waals surface area (Å²) in [7, 11) is 0. The molecule has 0 bridgehead atoms. The monoisotopic (exact) mass is 282 g/mol. The van der Waals surface area contributed by atoms with Crippen LogP contribution in [0.15, 0.2) is 46.5 Å². The van der Waals surface area contributed by atoms with Crippen LogP contribution in [-0.4, -0.2) is 11.5 Å². The van der Waals surface area contributed by atoms with E-state index in [0.29, 0.717) is 27.9 Å². The van der Waals surface area contributed by atoms with Gasteiger partial charge < -0.3 is 5.73 Å². The fraction of sp³-hybridized carbons (Fsp3) is 0.154. The standard InChI is InChI=1S/C13H12ClFN2S/c14-10-4-5-12(17-8-10)18-13-9(6-7-16)2-1-3-11(13)15/h1-5,8H,6-7,16H2. The summed E-state index contributed by atoms with van der Waals surface area (Å²) in [6.45, 7) is 0.491. The lowest BCUT2D eigenvalue weighted by molar-refractivity contribution is 0.596. The molecule has 0 fully saturated rings. The van der Waals surface area contributed by atoms with E-state index in [2.05, 4.69) is 4.98 Å². The van der Waals surface area contributed by atoms with Crippen LogP contribution in [0.2, 0.25) is 5.02 Å². The minimum absolute atomic E-state index is 0.247. The number of nitrogens with zero attached hydrogens (tertiary/aromatic N) is 1. The molecule has 1 aromatic heterocycles. The molecule has 1 heterocycles. The van der Waals surface area contributed by atoms with Crippen LogP contribution in [0.5, 0.6) is 0 Å². The first-order chi connectivity index (χ1) is 8.70. The third-order valence-corrected chi connectivity index (χ3v) is 3.70. The second-order valence-corrected chi connectivity index (χ2v) is 5.15. The molecule has 0 aliphatic carbocycles. The summed E-state index contributed by atoms with van der Waals surface area (Å²) < 4.78 is 13.8. The number of hydrogen-bond donors (Lipinski definition) is 1. The van der Waals surface area contributed by atoms with Gasteiger partial charge in [0, 0.05) is 6.20 Å². The summed E-state index contributed by atoms with van der Waals surface area (Å²) in [4.78, 5) is 4.73. The van der Waals surface area contributed by atoms with Crippen LogP contribution < -0.4 is 5.73 Å². The summed E-state index contributed by atoms with van der Waals surface area (Å²) >= 11 is 7.05. The predicted octanol–water partition coefficient (Wildman–Crippen LogP) is 3.53. The van der Waals surface area contributed by atoms with E-state index in [1.165, 1.54) is 17.8 Å². The molecule has 0 atom stereocenters. The molecule has 0 unspecified atom stereocenters.